The van der Waals surface area contributed by atoms with E-state index < -0.39 is 64.5 Å². The minimum absolute atomic E-state index is 0.229. The molecule has 170 valence electrons. The number of aliphatic hydroxyl groups is 2. The molecule has 2 N–H and O–H groups in total. The largest absolute Gasteiger partial charge is 0.459 e. The third-order valence-corrected chi connectivity index (χ3v) is 9.68. The topological polar surface area (TPSA) is 112 Å². The van der Waals surface area contributed by atoms with Crippen molar-refractivity contribution < 1.29 is 38.7 Å². The Morgan fingerprint density at radius 2 is 1.94 bits per heavy atom. The van der Waals surface area contributed by atoms with Crippen molar-refractivity contribution in [3.05, 3.63) is 12.7 Å². The Hall–Kier alpha value is -1.48. The van der Waals surface area contributed by atoms with E-state index in [0.717, 1.165) is 0 Å². The van der Waals surface area contributed by atoms with Gasteiger partial charge in [0.2, 0.25) is 11.9 Å². The standard InChI is InChI=1S/C23H30O8/c1-6-7-11-10(2)22(27)14(28-11)9-20-13-8-12(19(3,4)5)21(20)15(24)16(25)30-18(21)31-23(20,22)17(26)29-13/h6,10-15,18,24,27H,1,7-9H2,2-5H3/t10-,11?,12?,13?,14?,15+,18?,20?,21?,22-,23?/m1/s1. The lowest BCUT2D eigenvalue weighted by molar-refractivity contribution is -0.238. The summed E-state index contributed by atoms with van der Waals surface area (Å²) in [4.78, 5) is 26.2. The van der Waals surface area contributed by atoms with Gasteiger partial charge >= 0.3 is 11.9 Å². The number of carbonyl (C=O) groups excluding carboxylic acids is 2. The Bertz CT molecular complexity index is 910. The van der Waals surface area contributed by atoms with Gasteiger partial charge in [0.25, 0.3) is 0 Å². The summed E-state index contributed by atoms with van der Waals surface area (Å²) in [7, 11) is 0. The van der Waals surface area contributed by atoms with Gasteiger partial charge in [0.15, 0.2) is 6.10 Å². The van der Waals surface area contributed by atoms with Crippen LogP contribution in [0.1, 0.15) is 47.0 Å². The maximum atomic E-state index is 13.6. The van der Waals surface area contributed by atoms with Crippen LogP contribution < -0.4 is 0 Å². The number of fused-ring (bicyclic) bond motifs is 1. The van der Waals surface area contributed by atoms with E-state index in [-0.39, 0.29) is 23.9 Å². The average molecular weight is 434 g/mol. The minimum Gasteiger partial charge on any atom is -0.459 e. The molecule has 0 aromatic rings. The molecule has 0 amide bonds. The number of esters is 2. The molecule has 6 rings (SSSR count). The normalized spacial score (nSPS) is 58.6. The van der Waals surface area contributed by atoms with Crippen molar-refractivity contribution in [2.24, 2.45) is 28.1 Å². The highest BCUT2D eigenvalue weighted by Gasteiger charge is 3.00. The van der Waals surface area contributed by atoms with Crippen LogP contribution in [-0.4, -0.2) is 64.1 Å². The first-order valence-electron chi connectivity index (χ1n) is 11.2. The fourth-order valence-corrected chi connectivity index (χ4v) is 8.72. The van der Waals surface area contributed by atoms with Gasteiger partial charge in [-0.15, -0.1) is 6.58 Å². The van der Waals surface area contributed by atoms with E-state index in [9.17, 15) is 19.8 Å². The van der Waals surface area contributed by atoms with Gasteiger partial charge in [-0.05, 0) is 30.6 Å². The molecule has 2 spiro atoms. The summed E-state index contributed by atoms with van der Waals surface area (Å²) in [5.74, 6) is -2.06. The van der Waals surface area contributed by atoms with Crippen LogP contribution in [0.4, 0.5) is 0 Å². The van der Waals surface area contributed by atoms with Crippen molar-refractivity contribution in [1.29, 1.82) is 0 Å². The van der Waals surface area contributed by atoms with Gasteiger partial charge in [-0.3, -0.25) is 0 Å². The summed E-state index contributed by atoms with van der Waals surface area (Å²) in [6.45, 7) is 11.8. The van der Waals surface area contributed by atoms with Gasteiger partial charge in [-0.2, -0.15) is 0 Å². The SMILES string of the molecule is C=CCC1OC2CC34C5CC(C(C)(C)C)C36C(OC(=O)[C@@H]6O)OC4(C(=O)O5)[C@@]2(O)[C@@H]1C. The molecule has 8 unspecified atom stereocenters. The van der Waals surface area contributed by atoms with E-state index in [2.05, 4.69) is 6.58 Å². The summed E-state index contributed by atoms with van der Waals surface area (Å²) in [5, 5.41) is 23.6. The van der Waals surface area contributed by atoms with Gasteiger partial charge in [0, 0.05) is 5.92 Å². The second-order valence-electron chi connectivity index (χ2n) is 11.4. The van der Waals surface area contributed by atoms with E-state index >= 15 is 0 Å². The molecule has 2 saturated carbocycles. The number of hydrogen-bond acceptors (Lipinski definition) is 8. The van der Waals surface area contributed by atoms with Crippen LogP contribution in [-0.2, 0) is 28.5 Å². The quantitative estimate of drug-likeness (QED) is 0.491. The first kappa shape index (κ1) is 20.1. The lowest BCUT2D eigenvalue weighted by atomic mass is 9.51. The Morgan fingerprint density at radius 3 is 2.58 bits per heavy atom. The van der Waals surface area contributed by atoms with E-state index in [4.69, 9.17) is 18.9 Å². The predicted molar refractivity (Wildman–Crippen MR) is 104 cm³/mol. The van der Waals surface area contributed by atoms with Crippen molar-refractivity contribution in [3.8, 4) is 0 Å². The van der Waals surface area contributed by atoms with Gasteiger partial charge < -0.3 is 29.2 Å². The Morgan fingerprint density at radius 1 is 1.23 bits per heavy atom. The van der Waals surface area contributed by atoms with Crippen LogP contribution in [0.5, 0.6) is 0 Å². The number of aliphatic hydroxyl groups excluding tert-OH is 1. The molecule has 6 fully saturated rings. The first-order chi connectivity index (χ1) is 14.4. The maximum Gasteiger partial charge on any atom is 0.342 e. The highest BCUT2D eigenvalue weighted by molar-refractivity contribution is 5.91. The highest BCUT2D eigenvalue weighted by Crippen LogP contribution is 2.84. The molecule has 4 saturated heterocycles. The van der Waals surface area contributed by atoms with Crippen LogP contribution in [0, 0.1) is 28.1 Å². The number of carbonyl (C=O) groups is 2. The summed E-state index contributed by atoms with van der Waals surface area (Å²) in [6.07, 6.45) is -1.19. The molecule has 8 nitrogen and oxygen atoms in total. The summed E-state index contributed by atoms with van der Waals surface area (Å²) < 4.78 is 24.2. The second-order valence-corrected chi connectivity index (χ2v) is 11.4. The van der Waals surface area contributed by atoms with E-state index in [0.29, 0.717) is 12.8 Å². The molecule has 8 heteroatoms. The van der Waals surface area contributed by atoms with Crippen LogP contribution in [0.25, 0.3) is 0 Å². The van der Waals surface area contributed by atoms with Crippen LogP contribution in [0.15, 0.2) is 12.7 Å². The van der Waals surface area contributed by atoms with Crippen molar-refractivity contribution in [1.82, 2.24) is 0 Å². The lowest BCUT2D eigenvalue weighted by Crippen LogP contribution is -2.66. The molecular weight excluding hydrogens is 404 g/mol. The highest BCUT2D eigenvalue weighted by atomic mass is 16.8. The molecule has 11 atom stereocenters. The van der Waals surface area contributed by atoms with Gasteiger partial charge in [-0.1, -0.05) is 33.8 Å². The van der Waals surface area contributed by atoms with Gasteiger partial charge in [0.05, 0.1) is 23.0 Å². The second kappa shape index (κ2) is 5.35. The van der Waals surface area contributed by atoms with E-state index in [1.54, 1.807) is 6.08 Å². The van der Waals surface area contributed by atoms with Crippen LogP contribution in [0.2, 0.25) is 0 Å². The number of rotatable bonds is 2. The van der Waals surface area contributed by atoms with Crippen molar-refractivity contribution in [2.75, 3.05) is 0 Å². The van der Waals surface area contributed by atoms with Gasteiger partial charge in [-0.25, -0.2) is 9.59 Å². The van der Waals surface area contributed by atoms with Crippen molar-refractivity contribution in [2.45, 2.75) is 88.9 Å². The van der Waals surface area contributed by atoms with Crippen LogP contribution in [0.3, 0.4) is 0 Å². The summed E-state index contributed by atoms with van der Waals surface area (Å²) >= 11 is 0. The first-order valence-corrected chi connectivity index (χ1v) is 11.2. The minimum atomic E-state index is -1.75. The maximum absolute atomic E-state index is 13.6. The third-order valence-electron chi connectivity index (χ3n) is 9.68. The summed E-state index contributed by atoms with van der Waals surface area (Å²) in [6, 6.07) is 0. The Kier molecular flexibility index (Phi) is 3.48. The third kappa shape index (κ3) is 1.64. The molecule has 0 bridgehead atoms. The molecule has 0 aromatic carbocycles. The zero-order chi connectivity index (χ0) is 22.4. The average Bonchev–Trinajstić information content (AvgIpc) is 3.38. The fourth-order valence-electron chi connectivity index (χ4n) is 8.72. The lowest BCUT2D eigenvalue weighted by Gasteiger charge is -2.47. The number of hydrogen-bond donors (Lipinski definition) is 2. The molecular formula is C23H30O8. The molecule has 31 heavy (non-hydrogen) atoms. The van der Waals surface area contributed by atoms with Gasteiger partial charge in [0.1, 0.15) is 11.7 Å². The zero-order valence-electron chi connectivity index (χ0n) is 18.3. The molecule has 0 radical (unpaired) electrons. The molecule has 4 aliphatic heterocycles. The van der Waals surface area contributed by atoms with Crippen molar-refractivity contribution >= 4 is 11.9 Å². The Balaban J connectivity index is 1.62. The molecule has 0 aromatic heterocycles. The van der Waals surface area contributed by atoms with Crippen molar-refractivity contribution in [3.63, 3.8) is 0 Å². The van der Waals surface area contributed by atoms with E-state index in [1.807, 2.05) is 27.7 Å². The molecule has 4 heterocycles. The molecule has 2 aliphatic carbocycles. The summed E-state index contributed by atoms with van der Waals surface area (Å²) in [5.41, 5.74) is -6.07. The number of ether oxygens (including phenoxy) is 4. The monoisotopic (exact) mass is 434 g/mol. The smallest absolute Gasteiger partial charge is 0.342 e. The zero-order valence-corrected chi connectivity index (χ0v) is 18.3. The molecule has 6 aliphatic rings. The fraction of sp³-hybridized carbons (Fsp3) is 0.826. The van der Waals surface area contributed by atoms with Crippen LogP contribution >= 0.6 is 0 Å². The Labute approximate surface area is 180 Å². The predicted octanol–water partition coefficient (Wildman–Crippen LogP) is 1.08. The van der Waals surface area contributed by atoms with E-state index in [1.165, 1.54) is 0 Å².